The van der Waals surface area contributed by atoms with Gasteiger partial charge >= 0.3 is 0 Å². The van der Waals surface area contributed by atoms with Crippen molar-refractivity contribution in [1.82, 2.24) is 14.3 Å². The van der Waals surface area contributed by atoms with Crippen LogP contribution < -0.4 is 4.90 Å². The van der Waals surface area contributed by atoms with Crippen LogP contribution in [0.2, 0.25) is 0 Å². The van der Waals surface area contributed by atoms with Crippen LogP contribution in [0, 0.1) is 18.3 Å². The Morgan fingerprint density at radius 3 is 2.61 bits per heavy atom. The van der Waals surface area contributed by atoms with Crippen molar-refractivity contribution in [1.29, 1.82) is 5.26 Å². The molecule has 1 amide bonds. The second kappa shape index (κ2) is 7.13. The summed E-state index contributed by atoms with van der Waals surface area (Å²) in [6.07, 6.45) is 0.464. The van der Waals surface area contributed by atoms with Gasteiger partial charge in [0.1, 0.15) is 11.9 Å². The highest BCUT2D eigenvalue weighted by Gasteiger charge is 2.27. The summed E-state index contributed by atoms with van der Waals surface area (Å²) < 4.78 is 2.05. The van der Waals surface area contributed by atoms with Gasteiger partial charge in [0.15, 0.2) is 5.65 Å². The number of hydrogen-bond donors (Lipinski definition) is 1. The smallest absolute Gasteiger partial charge is 0.219 e. The van der Waals surface area contributed by atoms with Crippen molar-refractivity contribution in [2.24, 2.45) is 0 Å². The number of carbonyl (C=O) groups excluding carboxylic acids is 1. The minimum absolute atomic E-state index is 0.00422. The molecule has 28 heavy (non-hydrogen) atoms. The van der Waals surface area contributed by atoms with E-state index in [4.69, 9.17) is 4.98 Å². The third kappa shape index (κ3) is 2.77. The molecule has 2 aromatic heterocycles. The molecule has 1 fully saturated rings. The molecule has 1 N–H and O–H groups in total. The highest BCUT2D eigenvalue weighted by molar-refractivity contribution is 5.86. The van der Waals surface area contributed by atoms with E-state index in [0.29, 0.717) is 43.8 Å². The maximum atomic E-state index is 11.7. The number of aliphatic hydroxyl groups excluding tert-OH is 1. The van der Waals surface area contributed by atoms with Crippen molar-refractivity contribution < 1.29 is 9.90 Å². The topological polar surface area (TPSA) is 84.9 Å². The molecule has 0 saturated carbocycles. The Balaban J connectivity index is 1.99. The number of imidazole rings is 1. The van der Waals surface area contributed by atoms with Gasteiger partial charge in [0.2, 0.25) is 5.91 Å². The van der Waals surface area contributed by atoms with Gasteiger partial charge in [0.05, 0.1) is 16.6 Å². The zero-order valence-electron chi connectivity index (χ0n) is 16.1. The van der Waals surface area contributed by atoms with Gasteiger partial charge in [-0.05, 0) is 36.6 Å². The number of benzene rings is 1. The summed E-state index contributed by atoms with van der Waals surface area (Å²) in [5.74, 6) is 1.06. The molecule has 1 aliphatic rings. The monoisotopic (exact) mass is 377 g/mol. The number of nitrogens with zero attached hydrogens (tertiary/aromatic N) is 5. The van der Waals surface area contributed by atoms with Crippen LogP contribution in [0.5, 0.6) is 0 Å². The third-order valence-corrected chi connectivity index (χ3v) is 5.59. The summed E-state index contributed by atoms with van der Waals surface area (Å²) >= 11 is 0. The first-order valence-electron chi connectivity index (χ1n) is 9.51. The molecule has 1 aliphatic heterocycles. The average molecular weight is 377 g/mol. The summed E-state index contributed by atoms with van der Waals surface area (Å²) in [4.78, 5) is 20.6. The molecule has 1 aromatic carbocycles. The van der Waals surface area contributed by atoms with Gasteiger partial charge in [-0.2, -0.15) is 5.26 Å². The second-order valence-corrected chi connectivity index (χ2v) is 7.14. The van der Waals surface area contributed by atoms with Crippen LogP contribution in [0.25, 0.3) is 16.7 Å². The van der Waals surface area contributed by atoms with Gasteiger partial charge in [-0.25, -0.2) is 4.98 Å². The first-order valence-corrected chi connectivity index (χ1v) is 9.51. The van der Waals surface area contributed by atoms with Crippen LogP contribution in [0.15, 0.2) is 24.3 Å². The van der Waals surface area contributed by atoms with Crippen LogP contribution in [-0.2, 0) is 11.2 Å². The predicted molar refractivity (Wildman–Crippen MR) is 107 cm³/mol. The summed E-state index contributed by atoms with van der Waals surface area (Å²) in [7, 11) is 0. The number of carbonyl (C=O) groups is 1. The Labute approximate surface area is 163 Å². The van der Waals surface area contributed by atoms with Crippen LogP contribution in [0.3, 0.4) is 0 Å². The standard InChI is InChI=1S/C21H23N5O2/c1-14-16(7-12-27)21(25-10-8-24(9-11-25)15(2)28)26-19-6-4-3-5-18(19)23-20(26)17(14)13-22/h3-6,27H,7-12H2,1-2H3. The number of amides is 1. The number of aromatic nitrogens is 2. The van der Waals surface area contributed by atoms with E-state index in [0.717, 1.165) is 28.0 Å². The number of nitriles is 1. The fourth-order valence-electron chi connectivity index (χ4n) is 4.14. The highest BCUT2D eigenvalue weighted by Crippen LogP contribution is 2.34. The number of aliphatic hydroxyl groups is 1. The van der Waals surface area contributed by atoms with E-state index in [2.05, 4.69) is 15.4 Å². The lowest BCUT2D eigenvalue weighted by atomic mass is 10.0. The Kier molecular flexibility index (Phi) is 4.65. The van der Waals surface area contributed by atoms with E-state index < -0.39 is 0 Å². The van der Waals surface area contributed by atoms with Crippen molar-refractivity contribution >= 4 is 28.4 Å². The molecule has 0 unspecified atom stereocenters. The molecule has 144 valence electrons. The summed E-state index contributed by atoms with van der Waals surface area (Å²) in [6, 6.07) is 10.2. The summed E-state index contributed by atoms with van der Waals surface area (Å²) in [5.41, 5.74) is 4.80. The molecular weight excluding hydrogens is 354 g/mol. The van der Waals surface area contributed by atoms with Crippen molar-refractivity contribution in [3.05, 3.63) is 41.0 Å². The Morgan fingerprint density at radius 2 is 1.96 bits per heavy atom. The molecule has 3 heterocycles. The van der Waals surface area contributed by atoms with Gasteiger partial charge in [-0.1, -0.05) is 12.1 Å². The zero-order chi connectivity index (χ0) is 19.8. The van der Waals surface area contributed by atoms with Crippen molar-refractivity contribution in [2.45, 2.75) is 20.3 Å². The van der Waals surface area contributed by atoms with E-state index in [9.17, 15) is 15.2 Å². The number of pyridine rings is 1. The first-order chi connectivity index (χ1) is 13.6. The molecule has 7 nitrogen and oxygen atoms in total. The van der Waals surface area contributed by atoms with E-state index in [1.807, 2.05) is 36.1 Å². The SMILES string of the molecule is CC(=O)N1CCN(c2c(CCO)c(C)c(C#N)c3nc4ccccc4n23)CC1. The summed E-state index contributed by atoms with van der Waals surface area (Å²) in [5, 5.41) is 19.5. The van der Waals surface area contributed by atoms with Gasteiger partial charge in [0.25, 0.3) is 0 Å². The Hall–Kier alpha value is -3.11. The zero-order valence-corrected chi connectivity index (χ0v) is 16.1. The summed E-state index contributed by atoms with van der Waals surface area (Å²) in [6.45, 7) is 6.24. The number of para-hydroxylation sites is 2. The molecule has 1 saturated heterocycles. The van der Waals surface area contributed by atoms with Crippen molar-refractivity contribution in [2.75, 3.05) is 37.7 Å². The van der Waals surface area contributed by atoms with E-state index >= 15 is 0 Å². The van der Waals surface area contributed by atoms with E-state index in [-0.39, 0.29) is 12.5 Å². The number of hydrogen-bond acceptors (Lipinski definition) is 5. The molecule has 0 atom stereocenters. The number of piperazine rings is 1. The number of fused-ring (bicyclic) bond motifs is 3. The van der Waals surface area contributed by atoms with Gasteiger partial charge in [0, 0.05) is 39.7 Å². The van der Waals surface area contributed by atoms with E-state index in [1.165, 1.54) is 0 Å². The lowest BCUT2D eigenvalue weighted by Gasteiger charge is -2.37. The molecule has 0 bridgehead atoms. The molecule has 4 rings (SSSR count). The third-order valence-electron chi connectivity index (χ3n) is 5.59. The number of anilines is 1. The Morgan fingerprint density at radius 1 is 1.25 bits per heavy atom. The lowest BCUT2D eigenvalue weighted by molar-refractivity contribution is -0.129. The quantitative estimate of drug-likeness (QED) is 0.753. The minimum atomic E-state index is 0.00422. The predicted octanol–water partition coefficient (Wildman–Crippen LogP) is 1.87. The maximum Gasteiger partial charge on any atom is 0.219 e. The normalized spacial score (nSPS) is 14.6. The van der Waals surface area contributed by atoms with Crippen molar-refractivity contribution in [3.8, 4) is 6.07 Å². The average Bonchev–Trinajstić information content (AvgIpc) is 3.08. The Bertz CT molecular complexity index is 1100. The maximum absolute atomic E-state index is 11.7. The van der Waals surface area contributed by atoms with Gasteiger partial charge in [-0.15, -0.1) is 0 Å². The van der Waals surface area contributed by atoms with Crippen molar-refractivity contribution in [3.63, 3.8) is 0 Å². The number of rotatable bonds is 3. The molecule has 0 aliphatic carbocycles. The van der Waals surface area contributed by atoms with E-state index in [1.54, 1.807) is 6.92 Å². The van der Waals surface area contributed by atoms with Crippen LogP contribution in [0.4, 0.5) is 5.82 Å². The van der Waals surface area contributed by atoms with Gasteiger partial charge < -0.3 is 14.9 Å². The fraction of sp³-hybridized carbons (Fsp3) is 0.381. The largest absolute Gasteiger partial charge is 0.396 e. The molecule has 0 radical (unpaired) electrons. The van der Waals surface area contributed by atoms with Crippen LogP contribution in [0.1, 0.15) is 23.6 Å². The second-order valence-electron chi connectivity index (χ2n) is 7.14. The van der Waals surface area contributed by atoms with Gasteiger partial charge in [-0.3, -0.25) is 9.20 Å². The molecule has 0 spiro atoms. The first kappa shape index (κ1) is 18.3. The molecular formula is C21H23N5O2. The molecule has 7 heteroatoms. The highest BCUT2D eigenvalue weighted by atomic mass is 16.3. The van der Waals surface area contributed by atoms with Crippen LogP contribution >= 0.6 is 0 Å². The fourth-order valence-corrected chi connectivity index (χ4v) is 4.14. The van der Waals surface area contributed by atoms with Crippen LogP contribution in [-0.4, -0.2) is 58.1 Å². The minimum Gasteiger partial charge on any atom is -0.396 e. The lowest BCUT2D eigenvalue weighted by Crippen LogP contribution is -2.49. The molecule has 3 aromatic rings.